The Kier molecular flexibility index (Phi) is 13.3. The zero-order valence-corrected chi connectivity index (χ0v) is 23.4. The molecule has 0 aliphatic heterocycles. The third kappa shape index (κ3) is 7.75. The van der Waals surface area contributed by atoms with Crippen LogP contribution in [-0.2, 0) is 0 Å². The van der Waals surface area contributed by atoms with E-state index in [1.165, 1.54) is 15.3 Å². The second-order valence-electron chi connectivity index (χ2n) is 7.29. The first-order chi connectivity index (χ1) is 16.4. The fraction of sp³-hybridized carbons (Fsp3) is 0.300. The van der Waals surface area contributed by atoms with Gasteiger partial charge in [0.1, 0.15) is 0 Å². The van der Waals surface area contributed by atoms with Crippen molar-refractivity contribution in [2.75, 3.05) is 13.6 Å². The van der Waals surface area contributed by atoms with Crippen LogP contribution in [-0.4, -0.2) is 24.4 Å². The van der Waals surface area contributed by atoms with Gasteiger partial charge >= 0.3 is 0 Å². The first-order valence-electron chi connectivity index (χ1n) is 11.9. The molecule has 1 amide bonds. The van der Waals surface area contributed by atoms with Crippen LogP contribution in [0.25, 0.3) is 5.57 Å². The van der Waals surface area contributed by atoms with E-state index in [2.05, 4.69) is 62.7 Å². The van der Waals surface area contributed by atoms with Gasteiger partial charge in [0.05, 0.1) is 0 Å². The highest BCUT2D eigenvalue weighted by molar-refractivity contribution is 7.99. The highest BCUT2D eigenvalue weighted by atomic mass is 32.2. The number of hydrogen-bond acceptors (Lipinski definition) is 3. The maximum absolute atomic E-state index is 12.7. The van der Waals surface area contributed by atoms with E-state index in [1.54, 1.807) is 28.0 Å². The summed E-state index contributed by atoms with van der Waals surface area (Å²) in [5.41, 5.74) is 5.27. The van der Waals surface area contributed by atoms with Gasteiger partial charge in [-0.1, -0.05) is 70.3 Å². The number of carbonyl (C=O) groups excluding carboxylic acids is 1. The molecule has 0 radical (unpaired) electrons. The normalized spacial score (nSPS) is 9.74. The monoisotopic (exact) mass is 493 g/mol. The van der Waals surface area contributed by atoms with Crippen LogP contribution < -0.4 is 0 Å². The van der Waals surface area contributed by atoms with Crippen LogP contribution >= 0.6 is 23.1 Å². The van der Waals surface area contributed by atoms with E-state index < -0.39 is 0 Å². The molecule has 0 fully saturated rings. The zero-order chi connectivity index (χ0) is 25.7. The van der Waals surface area contributed by atoms with Crippen molar-refractivity contribution in [2.24, 2.45) is 0 Å². The van der Waals surface area contributed by atoms with Gasteiger partial charge in [0.2, 0.25) is 0 Å². The molecule has 0 spiro atoms. The van der Waals surface area contributed by atoms with Crippen molar-refractivity contribution in [1.29, 1.82) is 0 Å². The molecule has 2 nitrogen and oxygen atoms in total. The van der Waals surface area contributed by atoms with Crippen molar-refractivity contribution in [1.82, 2.24) is 4.90 Å². The van der Waals surface area contributed by atoms with Gasteiger partial charge in [0, 0.05) is 33.8 Å². The second-order valence-corrected chi connectivity index (χ2v) is 9.29. The van der Waals surface area contributed by atoms with Crippen LogP contribution in [0.15, 0.2) is 82.9 Å². The lowest BCUT2D eigenvalue weighted by molar-refractivity contribution is 0.0797. The molecule has 0 saturated carbocycles. The molecule has 0 atom stereocenters. The summed E-state index contributed by atoms with van der Waals surface area (Å²) in [6.07, 6.45) is 2.62. The molecule has 2 aromatic carbocycles. The molecule has 3 rings (SSSR count). The Morgan fingerprint density at radius 1 is 1.00 bits per heavy atom. The first kappa shape index (κ1) is 29.5. The second kappa shape index (κ2) is 15.4. The third-order valence-corrected chi connectivity index (χ3v) is 7.34. The van der Waals surface area contributed by atoms with Crippen molar-refractivity contribution in [3.05, 3.63) is 100 Å². The van der Waals surface area contributed by atoms with E-state index in [9.17, 15) is 4.79 Å². The molecule has 0 unspecified atom stereocenters. The summed E-state index contributed by atoms with van der Waals surface area (Å²) in [5, 5.41) is 2.11. The van der Waals surface area contributed by atoms with Gasteiger partial charge in [-0.3, -0.25) is 4.79 Å². The van der Waals surface area contributed by atoms with Crippen molar-refractivity contribution in [3.8, 4) is 0 Å². The number of aryl methyl sites for hydroxylation is 2. The topological polar surface area (TPSA) is 20.3 Å². The van der Waals surface area contributed by atoms with Gasteiger partial charge in [-0.25, -0.2) is 0 Å². The van der Waals surface area contributed by atoms with E-state index in [-0.39, 0.29) is 5.91 Å². The lowest BCUT2D eigenvalue weighted by atomic mass is 10.0. The minimum Gasteiger partial charge on any atom is -0.341 e. The molecule has 0 aliphatic carbocycles. The number of carbonyl (C=O) groups is 1. The molecule has 182 valence electrons. The van der Waals surface area contributed by atoms with E-state index >= 15 is 0 Å². The lowest BCUT2D eigenvalue weighted by Gasteiger charge is -2.17. The quantitative estimate of drug-likeness (QED) is 0.291. The fourth-order valence-corrected chi connectivity index (χ4v) is 5.19. The summed E-state index contributed by atoms with van der Waals surface area (Å²) in [5.74, 6) is 0.0402. The summed E-state index contributed by atoms with van der Waals surface area (Å²) >= 11 is 3.45. The molecule has 1 heterocycles. The van der Waals surface area contributed by atoms with E-state index in [1.807, 2.05) is 59.0 Å². The van der Waals surface area contributed by atoms with E-state index in [0.717, 1.165) is 33.6 Å². The van der Waals surface area contributed by atoms with Gasteiger partial charge in [0.25, 0.3) is 5.91 Å². The minimum atomic E-state index is 0.0402. The SMILES string of the molecule is C=CCCN(C)C(=O)c1ccc(Sc2ccccc2C(=C)c2sccc2C)c(C)c1.CC.CC. The van der Waals surface area contributed by atoms with Crippen LogP contribution in [0, 0.1) is 13.8 Å². The first-order valence-corrected chi connectivity index (χ1v) is 13.6. The van der Waals surface area contributed by atoms with Crippen LogP contribution in [0.4, 0.5) is 0 Å². The summed E-state index contributed by atoms with van der Waals surface area (Å²) in [7, 11) is 1.83. The Bertz CT molecular complexity index is 1080. The van der Waals surface area contributed by atoms with Gasteiger partial charge in [-0.2, -0.15) is 0 Å². The Hall–Kier alpha value is -2.56. The summed E-state index contributed by atoms with van der Waals surface area (Å²) in [6.45, 7) is 21.0. The molecule has 0 bridgehead atoms. The maximum atomic E-state index is 12.7. The van der Waals surface area contributed by atoms with Crippen LogP contribution in [0.5, 0.6) is 0 Å². The summed E-state index contributed by atoms with van der Waals surface area (Å²) < 4.78 is 0. The highest BCUT2D eigenvalue weighted by Crippen LogP contribution is 2.38. The van der Waals surface area contributed by atoms with Crippen molar-refractivity contribution in [3.63, 3.8) is 0 Å². The Morgan fingerprint density at radius 3 is 2.26 bits per heavy atom. The molecular formula is C30H39NOS2. The van der Waals surface area contributed by atoms with Gasteiger partial charge in [-0.05, 0) is 78.2 Å². The van der Waals surface area contributed by atoms with Crippen molar-refractivity contribution < 1.29 is 4.79 Å². The molecule has 0 saturated heterocycles. The number of thiophene rings is 1. The number of benzene rings is 2. The molecule has 3 aromatic rings. The number of hydrogen-bond donors (Lipinski definition) is 0. The largest absolute Gasteiger partial charge is 0.341 e. The van der Waals surface area contributed by atoms with Gasteiger partial charge in [0.15, 0.2) is 0 Å². The standard InChI is InChI=1S/C26H27NOS2.2C2H6/c1-6-7-15-27(5)26(28)21-12-13-23(19(3)17-21)30-24-11-9-8-10-22(24)20(4)25-18(2)14-16-29-25;2*1-2/h6,8-14,16-17H,1,4,7,15H2,2-3,5H3;2*1-2H3. The van der Waals surface area contributed by atoms with Crippen molar-refractivity contribution >= 4 is 34.6 Å². The zero-order valence-electron chi connectivity index (χ0n) is 21.8. The Morgan fingerprint density at radius 2 is 1.68 bits per heavy atom. The summed E-state index contributed by atoms with van der Waals surface area (Å²) in [4.78, 5) is 17.9. The third-order valence-electron chi connectivity index (χ3n) is 5.01. The van der Waals surface area contributed by atoms with Crippen LogP contribution in [0.2, 0.25) is 0 Å². The van der Waals surface area contributed by atoms with Crippen LogP contribution in [0.1, 0.15) is 66.0 Å². The predicted octanol–water partition coefficient (Wildman–Crippen LogP) is 9.28. The molecular weight excluding hydrogens is 454 g/mol. The summed E-state index contributed by atoms with van der Waals surface area (Å²) in [6, 6.07) is 16.5. The average Bonchev–Trinajstić information content (AvgIpc) is 3.31. The Balaban J connectivity index is 0.00000137. The number of rotatable bonds is 8. The van der Waals surface area contributed by atoms with Crippen LogP contribution in [0.3, 0.4) is 0 Å². The molecule has 34 heavy (non-hydrogen) atoms. The highest BCUT2D eigenvalue weighted by Gasteiger charge is 2.15. The predicted molar refractivity (Wildman–Crippen MR) is 153 cm³/mol. The maximum Gasteiger partial charge on any atom is 0.253 e. The molecule has 4 heteroatoms. The molecule has 1 aromatic heterocycles. The fourth-order valence-electron chi connectivity index (χ4n) is 3.23. The smallest absolute Gasteiger partial charge is 0.253 e. The number of nitrogens with zero attached hydrogens (tertiary/aromatic N) is 1. The molecule has 0 aliphatic rings. The van der Waals surface area contributed by atoms with Gasteiger partial charge in [-0.15, -0.1) is 17.9 Å². The average molecular weight is 494 g/mol. The van der Waals surface area contributed by atoms with Crippen molar-refractivity contribution in [2.45, 2.75) is 57.8 Å². The lowest BCUT2D eigenvalue weighted by Crippen LogP contribution is -2.27. The van der Waals surface area contributed by atoms with Gasteiger partial charge < -0.3 is 4.90 Å². The van der Waals surface area contributed by atoms with E-state index in [4.69, 9.17) is 0 Å². The molecule has 0 N–H and O–H groups in total. The number of amides is 1. The van der Waals surface area contributed by atoms with E-state index in [0.29, 0.717) is 6.54 Å². The minimum absolute atomic E-state index is 0.0402. The Labute approximate surface area is 215 Å².